The van der Waals surface area contributed by atoms with Crippen LogP contribution in [0, 0.1) is 0 Å². The molecule has 1 heterocycles. The summed E-state index contributed by atoms with van der Waals surface area (Å²) in [6.45, 7) is 0. The minimum absolute atomic E-state index is 0.195. The van der Waals surface area contributed by atoms with Gasteiger partial charge in [0.1, 0.15) is 12.1 Å². The summed E-state index contributed by atoms with van der Waals surface area (Å²) in [6.07, 6.45) is 1.82. The molecule has 0 unspecified atom stereocenters. The molecule has 0 aliphatic carbocycles. The predicted octanol–water partition coefficient (Wildman–Crippen LogP) is 4.36. The predicted molar refractivity (Wildman–Crippen MR) is 90.5 cm³/mol. The molecule has 0 fully saturated rings. The van der Waals surface area contributed by atoms with Crippen molar-refractivity contribution in [1.82, 2.24) is 5.16 Å². The lowest BCUT2D eigenvalue weighted by atomic mass is 9.98. The molecule has 5 heteroatoms. The number of carboxylic acids is 1. The molecule has 0 saturated heterocycles. The largest absolute Gasteiger partial charge is 0.481 e. The van der Waals surface area contributed by atoms with Gasteiger partial charge in [-0.15, -0.1) is 11.8 Å². The van der Waals surface area contributed by atoms with E-state index in [1.165, 1.54) is 0 Å². The van der Waals surface area contributed by atoms with Gasteiger partial charge in [-0.05, 0) is 24.0 Å². The molecule has 1 aromatic heterocycles. The van der Waals surface area contributed by atoms with Crippen LogP contribution in [0.4, 0.5) is 0 Å². The maximum absolute atomic E-state index is 11.1. The minimum atomic E-state index is -0.942. The van der Waals surface area contributed by atoms with E-state index in [4.69, 9.17) is 9.63 Å². The van der Waals surface area contributed by atoms with Crippen LogP contribution in [0.15, 0.2) is 64.0 Å². The Morgan fingerprint density at radius 1 is 1.09 bits per heavy atom. The Kier molecular flexibility index (Phi) is 4.48. The normalized spacial score (nSPS) is 10.7. The zero-order valence-electron chi connectivity index (χ0n) is 12.5. The first kappa shape index (κ1) is 15.4. The van der Waals surface area contributed by atoms with E-state index in [1.54, 1.807) is 11.8 Å². The van der Waals surface area contributed by atoms with Crippen LogP contribution in [0.3, 0.4) is 0 Å². The van der Waals surface area contributed by atoms with Crippen LogP contribution in [0.25, 0.3) is 22.4 Å². The Bertz CT molecular complexity index is 810. The third-order valence-corrected chi connectivity index (χ3v) is 4.24. The van der Waals surface area contributed by atoms with Crippen molar-refractivity contribution in [3.05, 3.63) is 60.4 Å². The second kappa shape index (κ2) is 6.71. The van der Waals surface area contributed by atoms with E-state index in [0.717, 1.165) is 21.6 Å². The van der Waals surface area contributed by atoms with Gasteiger partial charge in [0.2, 0.25) is 0 Å². The maximum Gasteiger partial charge on any atom is 0.311 e. The van der Waals surface area contributed by atoms with E-state index in [0.29, 0.717) is 11.5 Å². The average molecular weight is 325 g/mol. The van der Waals surface area contributed by atoms with Crippen molar-refractivity contribution >= 4 is 17.7 Å². The zero-order valence-corrected chi connectivity index (χ0v) is 13.3. The molecule has 0 radical (unpaired) electrons. The summed E-state index contributed by atoms with van der Waals surface area (Å²) in [4.78, 5) is 12.3. The Morgan fingerprint density at radius 3 is 2.39 bits per heavy atom. The summed E-state index contributed by atoms with van der Waals surface area (Å²) in [6, 6.07) is 17.6. The van der Waals surface area contributed by atoms with E-state index >= 15 is 0 Å². The Labute approximate surface area is 138 Å². The number of thioether (sulfide) groups is 1. The molecule has 0 atom stereocenters. The molecule has 116 valence electrons. The SMILES string of the molecule is CSc1ccc(-c2c(-c3ccccc3)noc2CC(=O)O)cc1. The maximum atomic E-state index is 11.1. The molecule has 4 nitrogen and oxygen atoms in total. The number of nitrogens with zero attached hydrogens (tertiary/aromatic N) is 1. The number of benzene rings is 2. The quantitative estimate of drug-likeness (QED) is 0.706. The van der Waals surface area contributed by atoms with Gasteiger partial charge in [-0.3, -0.25) is 4.79 Å². The van der Waals surface area contributed by atoms with E-state index in [-0.39, 0.29) is 6.42 Å². The molecule has 0 spiro atoms. The zero-order chi connectivity index (χ0) is 16.2. The topological polar surface area (TPSA) is 63.3 Å². The van der Waals surface area contributed by atoms with Crippen LogP contribution >= 0.6 is 11.8 Å². The molecule has 0 aliphatic rings. The van der Waals surface area contributed by atoms with Crippen LogP contribution in [0.1, 0.15) is 5.76 Å². The van der Waals surface area contributed by atoms with Crippen molar-refractivity contribution in [2.45, 2.75) is 11.3 Å². The third-order valence-electron chi connectivity index (χ3n) is 3.50. The molecule has 2 aromatic carbocycles. The number of carbonyl (C=O) groups is 1. The third kappa shape index (κ3) is 3.29. The van der Waals surface area contributed by atoms with Crippen LogP contribution in [0.5, 0.6) is 0 Å². The summed E-state index contributed by atoms with van der Waals surface area (Å²) in [5.41, 5.74) is 3.21. The van der Waals surface area contributed by atoms with Gasteiger partial charge in [0.05, 0.1) is 5.56 Å². The second-order valence-electron chi connectivity index (χ2n) is 4.99. The van der Waals surface area contributed by atoms with Crippen LogP contribution in [-0.4, -0.2) is 22.5 Å². The van der Waals surface area contributed by atoms with Crippen molar-refractivity contribution in [3.8, 4) is 22.4 Å². The van der Waals surface area contributed by atoms with Crippen molar-refractivity contribution in [1.29, 1.82) is 0 Å². The Hall–Kier alpha value is -2.53. The fourth-order valence-electron chi connectivity index (χ4n) is 2.43. The molecular weight excluding hydrogens is 310 g/mol. The number of hydrogen-bond donors (Lipinski definition) is 1. The van der Waals surface area contributed by atoms with Gasteiger partial charge in [-0.25, -0.2) is 0 Å². The summed E-state index contributed by atoms with van der Waals surface area (Å²) in [7, 11) is 0. The van der Waals surface area contributed by atoms with Gasteiger partial charge in [0.15, 0.2) is 5.76 Å². The van der Waals surface area contributed by atoms with E-state index in [2.05, 4.69) is 5.16 Å². The molecule has 0 amide bonds. The highest BCUT2D eigenvalue weighted by molar-refractivity contribution is 7.98. The van der Waals surface area contributed by atoms with Gasteiger partial charge >= 0.3 is 5.97 Å². The van der Waals surface area contributed by atoms with E-state index < -0.39 is 5.97 Å². The highest BCUT2D eigenvalue weighted by Crippen LogP contribution is 2.35. The number of hydrogen-bond acceptors (Lipinski definition) is 4. The lowest BCUT2D eigenvalue weighted by Gasteiger charge is -2.05. The highest BCUT2D eigenvalue weighted by Gasteiger charge is 2.21. The van der Waals surface area contributed by atoms with Gasteiger partial charge in [-0.1, -0.05) is 47.6 Å². The van der Waals surface area contributed by atoms with Crippen LogP contribution in [-0.2, 0) is 11.2 Å². The van der Waals surface area contributed by atoms with Crippen molar-refractivity contribution in [2.24, 2.45) is 0 Å². The summed E-state index contributed by atoms with van der Waals surface area (Å²) in [5.74, 6) is -0.573. The van der Waals surface area contributed by atoms with Gasteiger partial charge < -0.3 is 9.63 Å². The molecule has 0 bridgehead atoms. The van der Waals surface area contributed by atoms with Crippen molar-refractivity contribution in [2.75, 3.05) is 6.26 Å². The van der Waals surface area contributed by atoms with Gasteiger partial charge in [0.25, 0.3) is 0 Å². The summed E-state index contributed by atoms with van der Waals surface area (Å²) in [5, 5.41) is 13.2. The fraction of sp³-hybridized carbons (Fsp3) is 0.111. The van der Waals surface area contributed by atoms with E-state index in [1.807, 2.05) is 60.9 Å². The van der Waals surface area contributed by atoms with Gasteiger partial charge in [-0.2, -0.15) is 0 Å². The minimum Gasteiger partial charge on any atom is -0.481 e. The Balaban J connectivity index is 2.14. The number of rotatable bonds is 5. The van der Waals surface area contributed by atoms with Crippen LogP contribution < -0.4 is 0 Å². The monoisotopic (exact) mass is 325 g/mol. The number of carboxylic acid groups (broad SMARTS) is 1. The number of aromatic nitrogens is 1. The molecule has 0 aliphatic heterocycles. The van der Waals surface area contributed by atoms with Crippen molar-refractivity contribution < 1.29 is 14.4 Å². The first-order valence-electron chi connectivity index (χ1n) is 7.09. The molecule has 0 saturated carbocycles. The molecular formula is C18H15NO3S. The van der Waals surface area contributed by atoms with Gasteiger partial charge in [0, 0.05) is 10.5 Å². The molecule has 23 heavy (non-hydrogen) atoms. The standard InChI is InChI=1S/C18H15NO3S/c1-23-14-9-7-12(8-10-14)17-15(11-16(20)21)22-19-18(17)13-5-3-2-4-6-13/h2-10H,11H2,1H3,(H,20,21). The van der Waals surface area contributed by atoms with E-state index in [9.17, 15) is 4.79 Å². The van der Waals surface area contributed by atoms with Crippen molar-refractivity contribution in [3.63, 3.8) is 0 Å². The highest BCUT2D eigenvalue weighted by atomic mass is 32.2. The lowest BCUT2D eigenvalue weighted by Crippen LogP contribution is -2.00. The lowest BCUT2D eigenvalue weighted by molar-refractivity contribution is -0.136. The Morgan fingerprint density at radius 2 is 1.78 bits per heavy atom. The fourth-order valence-corrected chi connectivity index (χ4v) is 2.84. The first-order chi connectivity index (χ1) is 11.2. The van der Waals surface area contributed by atoms with Crippen LogP contribution in [0.2, 0.25) is 0 Å². The molecule has 3 rings (SSSR count). The molecule has 1 N–H and O–H groups in total. The number of aliphatic carboxylic acids is 1. The second-order valence-corrected chi connectivity index (χ2v) is 5.87. The average Bonchev–Trinajstić information content (AvgIpc) is 2.98. The first-order valence-corrected chi connectivity index (χ1v) is 8.31. The summed E-state index contributed by atoms with van der Waals surface area (Å²) < 4.78 is 5.34. The summed E-state index contributed by atoms with van der Waals surface area (Å²) >= 11 is 1.66. The smallest absolute Gasteiger partial charge is 0.311 e. The molecule has 3 aromatic rings.